The topological polar surface area (TPSA) is 165 Å². The van der Waals surface area contributed by atoms with Crippen LogP contribution in [0.2, 0.25) is 5.02 Å². The second kappa shape index (κ2) is 15.1. The van der Waals surface area contributed by atoms with Crippen LogP contribution >= 0.6 is 11.6 Å². The number of fused-ring (bicyclic) bond motifs is 1. The van der Waals surface area contributed by atoms with Gasteiger partial charge < -0.3 is 34.5 Å². The summed E-state index contributed by atoms with van der Waals surface area (Å²) in [6.45, 7) is 2.21. The Morgan fingerprint density at radius 1 is 1.02 bits per heavy atom. The number of ether oxygens (including phenoxy) is 4. The number of pyridine rings is 2. The maximum absolute atomic E-state index is 13.6. The van der Waals surface area contributed by atoms with Gasteiger partial charge in [0, 0.05) is 41.7 Å². The van der Waals surface area contributed by atoms with Crippen LogP contribution in [0, 0.1) is 11.3 Å². The summed E-state index contributed by atoms with van der Waals surface area (Å²) in [5, 5.41) is 16.7. The number of carbonyl (C=O) groups is 3. The number of likely N-dealkylation sites (N-methyl/N-ethyl adjacent to an activating group) is 1. The number of halogens is 1. The van der Waals surface area contributed by atoms with Crippen LogP contribution in [0.5, 0.6) is 11.5 Å². The van der Waals surface area contributed by atoms with Gasteiger partial charge in [-0.25, -0.2) is 9.59 Å². The molecule has 0 bridgehead atoms. The van der Waals surface area contributed by atoms with Crippen LogP contribution in [0.3, 0.4) is 0 Å². The molecule has 2 N–H and O–H groups in total. The molecule has 0 atom stereocenters. The van der Waals surface area contributed by atoms with E-state index in [9.17, 15) is 19.6 Å². The molecule has 0 unspecified atom stereocenters. The lowest BCUT2D eigenvalue weighted by molar-refractivity contribution is -0.142. The number of hydrogen-bond acceptors (Lipinski definition) is 12. The van der Waals surface area contributed by atoms with Crippen molar-refractivity contribution in [2.45, 2.75) is 13.5 Å². The van der Waals surface area contributed by atoms with Crippen molar-refractivity contribution < 1.29 is 33.3 Å². The average Bonchev–Trinajstić information content (AvgIpc) is 3.06. The van der Waals surface area contributed by atoms with E-state index >= 15 is 0 Å². The van der Waals surface area contributed by atoms with Crippen molar-refractivity contribution in [2.24, 2.45) is 0 Å². The summed E-state index contributed by atoms with van der Waals surface area (Å²) in [5.74, 6) is -2.63. The van der Waals surface area contributed by atoms with Gasteiger partial charge in [0.15, 0.2) is 5.76 Å². The highest BCUT2D eigenvalue weighted by molar-refractivity contribution is 6.32. The number of rotatable bonds is 11. The van der Waals surface area contributed by atoms with Crippen LogP contribution in [0.25, 0.3) is 10.9 Å². The quantitative estimate of drug-likeness (QED) is 0.200. The van der Waals surface area contributed by atoms with Gasteiger partial charge in [-0.2, -0.15) is 5.26 Å². The van der Waals surface area contributed by atoms with Gasteiger partial charge in [0.05, 0.1) is 46.3 Å². The zero-order valence-corrected chi connectivity index (χ0v) is 26.8. The van der Waals surface area contributed by atoms with Crippen LogP contribution < -0.4 is 20.1 Å². The lowest BCUT2D eigenvalue weighted by Crippen LogP contribution is -2.27. The van der Waals surface area contributed by atoms with Gasteiger partial charge in [0.25, 0.3) is 5.91 Å². The SMILES string of the molecule is CCOc1cc2ncc(C#N)c(Nc3ccc(OCc4ccccn4)c(Cl)c3)c2cc1NC(=O)/C1=C(\CN(C)C)OC(=O)/C=C\C(=O)O1. The number of anilines is 3. The van der Waals surface area contributed by atoms with Crippen LogP contribution in [0.1, 0.15) is 18.2 Å². The third-order valence-corrected chi connectivity index (χ3v) is 6.94. The van der Waals surface area contributed by atoms with Crippen LogP contribution in [0.4, 0.5) is 17.1 Å². The van der Waals surface area contributed by atoms with Gasteiger partial charge in [-0.1, -0.05) is 17.7 Å². The summed E-state index contributed by atoms with van der Waals surface area (Å²) >= 11 is 6.54. The fraction of sp³-hybridized carbons (Fsp3) is 0.176. The van der Waals surface area contributed by atoms with Crippen molar-refractivity contribution in [3.63, 3.8) is 0 Å². The fourth-order valence-corrected chi connectivity index (χ4v) is 4.79. The number of amides is 1. The highest BCUT2D eigenvalue weighted by Gasteiger charge is 2.27. The molecule has 0 radical (unpaired) electrons. The molecule has 48 heavy (non-hydrogen) atoms. The van der Waals surface area contributed by atoms with E-state index in [4.69, 9.17) is 30.5 Å². The second-order valence-electron chi connectivity index (χ2n) is 10.5. The summed E-state index contributed by atoms with van der Waals surface area (Å²) in [6.07, 6.45) is 4.86. The third kappa shape index (κ3) is 8.05. The second-order valence-corrected chi connectivity index (χ2v) is 10.9. The van der Waals surface area contributed by atoms with E-state index in [1.54, 1.807) is 62.4 Å². The lowest BCUT2D eigenvalue weighted by atomic mass is 10.1. The number of benzene rings is 2. The molecule has 1 aliphatic rings. The molecule has 2 aromatic carbocycles. The normalized spacial score (nSPS) is 15.1. The van der Waals surface area contributed by atoms with E-state index in [0.29, 0.717) is 33.0 Å². The molecule has 3 heterocycles. The number of cyclic esters (lactones) is 2. The predicted octanol–water partition coefficient (Wildman–Crippen LogP) is 5.24. The van der Waals surface area contributed by atoms with Crippen molar-refractivity contribution in [1.82, 2.24) is 14.9 Å². The monoisotopic (exact) mass is 668 g/mol. The first kappa shape index (κ1) is 33.4. The smallest absolute Gasteiger partial charge is 0.336 e. The Morgan fingerprint density at radius 2 is 1.81 bits per heavy atom. The van der Waals surface area contributed by atoms with Gasteiger partial charge in [-0.3, -0.25) is 14.8 Å². The highest BCUT2D eigenvalue weighted by atomic mass is 35.5. The van der Waals surface area contributed by atoms with E-state index in [1.807, 2.05) is 18.2 Å². The van der Waals surface area contributed by atoms with E-state index in [0.717, 1.165) is 17.8 Å². The first-order valence-corrected chi connectivity index (χ1v) is 14.9. The zero-order valence-electron chi connectivity index (χ0n) is 26.1. The number of aromatic nitrogens is 2. The minimum atomic E-state index is -0.933. The standard InChI is InChI=1S/C34H29ClN6O7/c1-4-45-28-15-25-23(14-26(28)40-34(44)33-29(18-41(2)3)47-30(42)10-11-31(43)48-33)32(20(16-36)17-38-25)39-21-8-9-27(24(35)13-21)46-19-22-7-5-6-12-37-22/h5-15,17H,4,18-19H2,1-3H3,(H,38,39)(H,40,44)/b11-10-,33-29-. The molecule has 1 amide bonds. The first-order valence-electron chi connectivity index (χ1n) is 14.5. The number of carbonyl (C=O) groups excluding carboxylic acids is 3. The maximum Gasteiger partial charge on any atom is 0.336 e. The summed E-state index contributed by atoms with van der Waals surface area (Å²) in [6, 6.07) is 15.9. The largest absolute Gasteiger partial charge is 0.492 e. The molecular formula is C34H29ClN6O7. The maximum atomic E-state index is 13.6. The number of esters is 2. The Balaban J connectivity index is 1.50. The van der Waals surface area contributed by atoms with Gasteiger partial charge in [-0.05, 0) is 57.4 Å². The minimum Gasteiger partial charge on any atom is -0.492 e. The van der Waals surface area contributed by atoms with Crippen molar-refractivity contribution in [1.29, 1.82) is 5.26 Å². The van der Waals surface area contributed by atoms with Crippen molar-refractivity contribution in [2.75, 3.05) is 37.9 Å². The average molecular weight is 669 g/mol. The molecular weight excluding hydrogens is 640 g/mol. The Hall–Kier alpha value is -5.97. The predicted molar refractivity (Wildman–Crippen MR) is 176 cm³/mol. The molecule has 244 valence electrons. The van der Waals surface area contributed by atoms with Gasteiger partial charge in [-0.15, -0.1) is 0 Å². The molecule has 5 rings (SSSR count). The Kier molecular flexibility index (Phi) is 10.5. The molecule has 14 heteroatoms. The third-order valence-electron chi connectivity index (χ3n) is 6.64. The van der Waals surface area contributed by atoms with E-state index < -0.39 is 23.6 Å². The van der Waals surface area contributed by atoms with E-state index in [1.165, 1.54) is 6.20 Å². The van der Waals surface area contributed by atoms with Crippen LogP contribution in [-0.4, -0.2) is 60.0 Å². The summed E-state index contributed by atoms with van der Waals surface area (Å²) in [4.78, 5) is 48.4. The molecule has 0 saturated heterocycles. The number of nitriles is 1. The van der Waals surface area contributed by atoms with Crippen molar-refractivity contribution in [3.05, 3.63) is 101 Å². The molecule has 0 aliphatic carbocycles. The molecule has 4 aromatic rings. The fourth-order valence-electron chi connectivity index (χ4n) is 4.56. The molecule has 2 aromatic heterocycles. The van der Waals surface area contributed by atoms with E-state index in [-0.39, 0.29) is 42.5 Å². The summed E-state index contributed by atoms with van der Waals surface area (Å²) in [7, 11) is 3.38. The number of hydrogen-bond donors (Lipinski definition) is 2. The zero-order chi connectivity index (χ0) is 34.2. The van der Waals surface area contributed by atoms with Gasteiger partial charge in [0.1, 0.15) is 24.2 Å². The van der Waals surface area contributed by atoms with Crippen molar-refractivity contribution >= 4 is 57.4 Å². The number of nitrogens with one attached hydrogen (secondary N) is 2. The first-order chi connectivity index (χ1) is 23.1. The molecule has 0 spiro atoms. The summed E-state index contributed by atoms with van der Waals surface area (Å²) < 4.78 is 22.2. The van der Waals surface area contributed by atoms with Crippen LogP contribution in [-0.2, 0) is 30.5 Å². The molecule has 0 saturated carbocycles. The number of nitrogens with zero attached hydrogens (tertiary/aromatic N) is 4. The lowest BCUT2D eigenvalue weighted by Gasteiger charge is -2.19. The highest BCUT2D eigenvalue weighted by Crippen LogP contribution is 2.38. The Labute approximate surface area is 280 Å². The molecule has 13 nitrogen and oxygen atoms in total. The van der Waals surface area contributed by atoms with Gasteiger partial charge in [0.2, 0.25) is 5.76 Å². The minimum absolute atomic E-state index is 0.0231. The summed E-state index contributed by atoms with van der Waals surface area (Å²) in [5.41, 5.74) is 2.49. The van der Waals surface area contributed by atoms with E-state index in [2.05, 4.69) is 26.7 Å². The molecule has 0 fully saturated rings. The van der Waals surface area contributed by atoms with Gasteiger partial charge >= 0.3 is 11.9 Å². The molecule has 1 aliphatic heterocycles. The van der Waals surface area contributed by atoms with Crippen molar-refractivity contribution in [3.8, 4) is 17.6 Å². The van der Waals surface area contributed by atoms with Crippen LogP contribution in [0.15, 0.2) is 84.6 Å². The Morgan fingerprint density at radius 3 is 2.50 bits per heavy atom. The Bertz CT molecular complexity index is 1990.